The van der Waals surface area contributed by atoms with Gasteiger partial charge >= 0.3 is 0 Å². The van der Waals surface area contributed by atoms with Crippen LogP contribution in [0.25, 0.3) is 5.69 Å². The van der Waals surface area contributed by atoms with Gasteiger partial charge in [-0.2, -0.15) is 5.10 Å². The molecule has 3 aromatic rings. The van der Waals surface area contributed by atoms with E-state index in [4.69, 9.17) is 5.73 Å². The molecule has 0 spiro atoms. The van der Waals surface area contributed by atoms with E-state index in [1.807, 2.05) is 0 Å². The maximum absolute atomic E-state index is 13.6. The Kier molecular flexibility index (Phi) is 4.57. The summed E-state index contributed by atoms with van der Waals surface area (Å²) in [5.74, 6) is -4.30. The number of aromatic nitrogens is 2. The zero-order valence-electron chi connectivity index (χ0n) is 15.0. The summed E-state index contributed by atoms with van der Waals surface area (Å²) >= 11 is 0. The monoisotopic (exact) mass is 400 g/mol. The van der Waals surface area contributed by atoms with Gasteiger partial charge in [0.25, 0.3) is 11.8 Å². The number of nitrogens with zero attached hydrogens (tertiary/aromatic N) is 2. The van der Waals surface area contributed by atoms with Gasteiger partial charge in [-0.15, -0.1) is 0 Å². The number of anilines is 1. The Hall–Kier alpha value is -3.62. The first kappa shape index (κ1) is 18.7. The number of nitrogens with two attached hydrogens (primary N) is 1. The molecular weight excluding hydrogens is 385 g/mol. The third-order valence-electron chi connectivity index (χ3n) is 4.78. The van der Waals surface area contributed by atoms with Crippen LogP contribution in [0, 0.1) is 17.5 Å². The lowest BCUT2D eigenvalue weighted by atomic mass is 10.1. The summed E-state index contributed by atoms with van der Waals surface area (Å²) in [6.07, 6.45) is 2.04. The van der Waals surface area contributed by atoms with Gasteiger partial charge in [-0.1, -0.05) is 0 Å². The van der Waals surface area contributed by atoms with Crippen LogP contribution in [-0.4, -0.2) is 21.6 Å². The molecule has 0 atom stereocenters. The highest BCUT2D eigenvalue weighted by Crippen LogP contribution is 2.29. The third kappa shape index (κ3) is 3.35. The summed E-state index contributed by atoms with van der Waals surface area (Å²) in [6.45, 7) is 0. The van der Waals surface area contributed by atoms with Crippen molar-refractivity contribution in [3.05, 3.63) is 76.4 Å². The predicted molar refractivity (Wildman–Crippen MR) is 98.4 cm³/mol. The van der Waals surface area contributed by atoms with E-state index in [9.17, 15) is 22.8 Å². The zero-order chi connectivity index (χ0) is 20.7. The van der Waals surface area contributed by atoms with Crippen LogP contribution in [0.2, 0.25) is 0 Å². The van der Waals surface area contributed by atoms with Crippen molar-refractivity contribution in [1.82, 2.24) is 9.78 Å². The third-order valence-corrected chi connectivity index (χ3v) is 4.78. The fraction of sp³-hybridized carbons (Fsp3) is 0.150. The molecule has 0 unspecified atom stereocenters. The normalized spacial score (nSPS) is 12.7. The number of carbonyl (C=O) groups excluding carboxylic acids is 2. The summed E-state index contributed by atoms with van der Waals surface area (Å²) in [6, 6.07) is 6.86. The van der Waals surface area contributed by atoms with Gasteiger partial charge in [-0.25, -0.2) is 17.9 Å². The molecule has 0 fully saturated rings. The van der Waals surface area contributed by atoms with Gasteiger partial charge in [0.2, 0.25) is 0 Å². The van der Waals surface area contributed by atoms with Crippen LogP contribution in [0.3, 0.4) is 0 Å². The minimum Gasteiger partial charge on any atom is -0.366 e. The van der Waals surface area contributed by atoms with Crippen molar-refractivity contribution < 1.29 is 22.8 Å². The lowest BCUT2D eigenvalue weighted by Crippen LogP contribution is -2.17. The van der Waals surface area contributed by atoms with E-state index in [0.717, 1.165) is 36.4 Å². The summed E-state index contributed by atoms with van der Waals surface area (Å²) < 4.78 is 42.0. The molecule has 1 aliphatic rings. The molecule has 0 radical (unpaired) electrons. The van der Waals surface area contributed by atoms with Gasteiger partial charge in [-0.05, 0) is 49.6 Å². The molecule has 0 bridgehead atoms. The molecule has 4 rings (SSSR count). The van der Waals surface area contributed by atoms with Crippen LogP contribution in [0.15, 0.2) is 36.4 Å². The van der Waals surface area contributed by atoms with E-state index in [-0.39, 0.29) is 16.9 Å². The second kappa shape index (κ2) is 7.08. The van der Waals surface area contributed by atoms with Crippen LogP contribution in [-0.2, 0) is 12.8 Å². The number of fused-ring (bicyclic) bond motifs is 1. The molecule has 148 valence electrons. The second-order valence-electron chi connectivity index (χ2n) is 6.65. The Bertz CT molecular complexity index is 1160. The lowest BCUT2D eigenvalue weighted by molar-refractivity contribution is 0.0992. The van der Waals surface area contributed by atoms with E-state index in [1.54, 1.807) is 0 Å². The molecule has 0 saturated carbocycles. The highest BCUT2D eigenvalue weighted by atomic mass is 19.2. The molecule has 2 aromatic carbocycles. The highest BCUT2D eigenvalue weighted by molar-refractivity contribution is 6.05. The number of carbonyl (C=O) groups is 2. The number of hydrogen-bond donors (Lipinski definition) is 2. The first-order valence-electron chi connectivity index (χ1n) is 8.82. The Morgan fingerprint density at radius 2 is 1.76 bits per heavy atom. The van der Waals surface area contributed by atoms with Crippen molar-refractivity contribution in [2.75, 3.05) is 5.32 Å². The number of halogens is 3. The largest absolute Gasteiger partial charge is 0.366 e. The van der Waals surface area contributed by atoms with Crippen molar-refractivity contribution in [2.24, 2.45) is 5.73 Å². The van der Waals surface area contributed by atoms with Crippen LogP contribution < -0.4 is 11.1 Å². The van der Waals surface area contributed by atoms with Gasteiger partial charge < -0.3 is 11.1 Å². The summed E-state index contributed by atoms with van der Waals surface area (Å²) in [4.78, 5) is 24.1. The average molecular weight is 400 g/mol. The molecule has 1 heterocycles. The second-order valence-corrected chi connectivity index (χ2v) is 6.65. The summed E-state index contributed by atoms with van der Waals surface area (Å²) in [7, 11) is 0. The van der Waals surface area contributed by atoms with Crippen molar-refractivity contribution in [3.8, 4) is 5.69 Å². The Morgan fingerprint density at radius 1 is 1.00 bits per heavy atom. The Labute approximate surface area is 163 Å². The molecule has 0 aliphatic heterocycles. The number of nitrogens with one attached hydrogen (secondary N) is 1. The molecule has 6 nitrogen and oxygen atoms in total. The van der Waals surface area contributed by atoms with Crippen LogP contribution >= 0.6 is 0 Å². The SMILES string of the molecule is NC(=O)c1cc(NC(=O)c2nn(-c3ccc(F)c(F)c3)c3c2CCC3)ccc1F. The highest BCUT2D eigenvalue weighted by Gasteiger charge is 2.27. The first-order chi connectivity index (χ1) is 13.8. The fourth-order valence-electron chi connectivity index (χ4n) is 3.43. The number of amides is 2. The topological polar surface area (TPSA) is 90.0 Å². The van der Waals surface area contributed by atoms with Gasteiger partial charge in [0.05, 0.1) is 11.3 Å². The van der Waals surface area contributed by atoms with Gasteiger partial charge in [0.1, 0.15) is 5.82 Å². The minimum absolute atomic E-state index is 0.132. The lowest BCUT2D eigenvalue weighted by Gasteiger charge is -2.07. The number of benzene rings is 2. The molecule has 1 aliphatic carbocycles. The van der Waals surface area contributed by atoms with E-state index >= 15 is 0 Å². The number of primary amides is 1. The molecule has 29 heavy (non-hydrogen) atoms. The fourth-order valence-corrected chi connectivity index (χ4v) is 3.43. The number of rotatable bonds is 4. The predicted octanol–water partition coefficient (Wildman–Crippen LogP) is 3.13. The number of hydrogen-bond acceptors (Lipinski definition) is 3. The minimum atomic E-state index is -1.01. The molecule has 2 amide bonds. The van der Waals surface area contributed by atoms with E-state index in [1.165, 1.54) is 16.8 Å². The van der Waals surface area contributed by atoms with Gasteiger partial charge in [-0.3, -0.25) is 9.59 Å². The van der Waals surface area contributed by atoms with Crippen molar-refractivity contribution >= 4 is 17.5 Å². The van der Waals surface area contributed by atoms with Crippen molar-refractivity contribution in [3.63, 3.8) is 0 Å². The van der Waals surface area contributed by atoms with Crippen molar-refractivity contribution in [1.29, 1.82) is 0 Å². The van der Waals surface area contributed by atoms with Crippen LogP contribution in [0.5, 0.6) is 0 Å². The van der Waals surface area contributed by atoms with Crippen molar-refractivity contribution in [2.45, 2.75) is 19.3 Å². The Balaban J connectivity index is 1.69. The molecular formula is C20H15F3N4O2. The van der Waals surface area contributed by atoms with Crippen LogP contribution in [0.4, 0.5) is 18.9 Å². The summed E-state index contributed by atoms with van der Waals surface area (Å²) in [5, 5.41) is 6.87. The standard InChI is InChI=1S/C20H15F3N4O2/c21-14-6-4-10(8-13(14)19(24)28)25-20(29)18-12-2-1-3-17(12)27(26-18)11-5-7-15(22)16(23)9-11/h4-9H,1-3H2,(H2,24,28)(H,25,29). The van der Waals surface area contributed by atoms with E-state index in [0.29, 0.717) is 24.1 Å². The first-order valence-corrected chi connectivity index (χ1v) is 8.82. The molecule has 3 N–H and O–H groups in total. The van der Waals surface area contributed by atoms with E-state index in [2.05, 4.69) is 10.4 Å². The quantitative estimate of drug-likeness (QED) is 0.705. The van der Waals surface area contributed by atoms with Gasteiger partial charge in [0.15, 0.2) is 17.3 Å². The molecule has 9 heteroatoms. The Morgan fingerprint density at radius 3 is 2.48 bits per heavy atom. The maximum Gasteiger partial charge on any atom is 0.276 e. The summed E-state index contributed by atoms with van der Waals surface area (Å²) in [5.41, 5.74) is 6.85. The maximum atomic E-state index is 13.6. The van der Waals surface area contributed by atoms with Crippen LogP contribution in [0.1, 0.15) is 38.5 Å². The molecule has 0 saturated heterocycles. The smallest absolute Gasteiger partial charge is 0.276 e. The molecule has 1 aromatic heterocycles. The average Bonchev–Trinajstić information content (AvgIpc) is 3.28. The van der Waals surface area contributed by atoms with Gasteiger partial charge in [0, 0.05) is 23.0 Å². The zero-order valence-corrected chi connectivity index (χ0v) is 15.0. The van der Waals surface area contributed by atoms with E-state index < -0.39 is 29.3 Å².